The van der Waals surface area contributed by atoms with Crippen molar-refractivity contribution >= 4 is 39.8 Å². The monoisotopic (exact) mass is 441 g/mol. The summed E-state index contributed by atoms with van der Waals surface area (Å²) in [6.07, 6.45) is 10.0. The van der Waals surface area contributed by atoms with Crippen LogP contribution in [0, 0.1) is 0 Å². The number of aryl methyl sites for hydroxylation is 1. The van der Waals surface area contributed by atoms with Crippen molar-refractivity contribution in [2.75, 3.05) is 45.7 Å². The Kier molecular flexibility index (Phi) is 7.87. The van der Waals surface area contributed by atoms with Crippen LogP contribution in [0.25, 0.3) is 21.9 Å². The number of aromatic nitrogens is 1. The van der Waals surface area contributed by atoms with Gasteiger partial charge in [-0.2, -0.15) is 0 Å². The summed E-state index contributed by atoms with van der Waals surface area (Å²) < 4.78 is 3.30. The van der Waals surface area contributed by atoms with Crippen LogP contribution in [-0.4, -0.2) is 45.3 Å². The normalized spacial score (nSPS) is 12.0. The third kappa shape index (κ3) is 6.53. The highest BCUT2D eigenvalue weighted by atomic mass is 32.1. The van der Waals surface area contributed by atoms with E-state index >= 15 is 0 Å². The van der Waals surface area contributed by atoms with Gasteiger partial charge in [-0.25, -0.2) is 4.57 Å². The molecule has 0 aliphatic heterocycles. The maximum absolute atomic E-state index is 2.41. The van der Waals surface area contributed by atoms with Crippen LogP contribution in [0.1, 0.15) is 30.7 Å². The molecule has 3 aromatic rings. The lowest BCUT2D eigenvalue weighted by Gasteiger charge is -2.22. The molecule has 0 aliphatic carbocycles. The van der Waals surface area contributed by atoms with Crippen molar-refractivity contribution in [1.29, 1.82) is 0 Å². The Morgan fingerprint density at radius 3 is 2.20 bits per heavy atom. The van der Waals surface area contributed by atoms with Crippen LogP contribution in [0.15, 0.2) is 48.8 Å². The lowest BCUT2D eigenvalue weighted by Crippen LogP contribution is -2.39. The summed E-state index contributed by atoms with van der Waals surface area (Å²) >= 11 is 3.75. The minimum Gasteiger partial charge on any atom is -0.364 e. The smallest absolute Gasteiger partial charge is 0.169 e. The summed E-state index contributed by atoms with van der Waals surface area (Å²) in [6.45, 7) is 8.81. The van der Waals surface area contributed by atoms with E-state index in [1.807, 2.05) is 22.7 Å². The van der Waals surface area contributed by atoms with E-state index in [0.717, 1.165) is 24.1 Å². The van der Waals surface area contributed by atoms with E-state index in [4.69, 9.17) is 0 Å². The summed E-state index contributed by atoms with van der Waals surface area (Å²) in [6, 6.07) is 13.4. The molecular weight excluding hydrogens is 406 g/mol. The maximum atomic E-state index is 2.41. The molecule has 0 spiro atoms. The Morgan fingerprint density at radius 2 is 1.53 bits per heavy atom. The minimum atomic E-state index is 1.02. The Labute approximate surface area is 190 Å². The molecule has 0 saturated heterocycles. The highest BCUT2D eigenvalue weighted by Gasteiger charge is 2.10. The van der Waals surface area contributed by atoms with E-state index in [9.17, 15) is 0 Å². The van der Waals surface area contributed by atoms with Crippen LogP contribution in [0.4, 0.5) is 5.00 Å². The van der Waals surface area contributed by atoms with E-state index in [0.29, 0.717) is 0 Å². The van der Waals surface area contributed by atoms with E-state index in [2.05, 4.69) is 105 Å². The molecule has 0 aromatic carbocycles. The largest absolute Gasteiger partial charge is 0.364 e. The van der Waals surface area contributed by atoms with Gasteiger partial charge in [-0.15, -0.1) is 22.7 Å². The van der Waals surface area contributed by atoms with Crippen molar-refractivity contribution in [2.45, 2.75) is 26.8 Å². The van der Waals surface area contributed by atoms with Gasteiger partial charge in [0.2, 0.25) is 0 Å². The van der Waals surface area contributed by atoms with Crippen LogP contribution in [-0.2, 0) is 6.54 Å². The van der Waals surface area contributed by atoms with Gasteiger partial charge < -0.3 is 9.38 Å². The van der Waals surface area contributed by atoms with Gasteiger partial charge in [-0.3, -0.25) is 0 Å². The van der Waals surface area contributed by atoms with E-state index in [-0.39, 0.29) is 0 Å². The second-order valence-corrected chi connectivity index (χ2v) is 10.8. The Balaban J connectivity index is 1.59. The fourth-order valence-electron chi connectivity index (χ4n) is 3.38. The summed E-state index contributed by atoms with van der Waals surface area (Å²) in [5.41, 5.74) is 1.24. The molecule has 3 nitrogen and oxygen atoms in total. The van der Waals surface area contributed by atoms with Crippen molar-refractivity contribution < 1.29 is 9.05 Å². The molecule has 0 N–H and O–H groups in total. The van der Waals surface area contributed by atoms with Gasteiger partial charge in [0, 0.05) is 39.9 Å². The van der Waals surface area contributed by atoms with Gasteiger partial charge in [-0.1, -0.05) is 6.08 Å². The molecular formula is C25H35N3S2+2. The quantitative estimate of drug-likeness (QED) is 0.282. The molecule has 0 bridgehead atoms. The number of anilines is 1. The number of hydrogen-bond donors (Lipinski definition) is 0. The fourth-order valence-corrected chi connectivity index (χ4v) is 5.51. The van der Waals surface area contributed by atoms with Crippen molar-refractivity contribution in [3.63, 3.8) is 0 Å². The third-order valence-corrected chi connectivity index (χ3v) is 7.53. The van der Waals surface area contributed by atoms with Crippen LogP contribution < -0.4 is 9.47 Å². The molecule has 3 aromatic heterocycles. The standard InChI is InChI=1S/C25H35N3S2/c1-6-27(7-2)25-14-13-24(30-25)23-12-11-22(29-23)10-9-21-15-18-26(19-16-21)17-8-20-28(3,4)5/h9-16,18-19H,6-8,17,20H2,1-5H3/q+2. The molecule has 3 rings (SSSR count). The molecule has 0 amide bonds. The molecule has 0 unspecified atom stereocenters. The first kappa shape index (κ1) is 22.7. The van der Waals surface area contributed by atoms with Gasteiger partial charge in [0.1, 0.15) is 0 Å². The minimum absolute atomic E-state index is 1.02. The summed E-state index contributed by atoms with van der Waals surface area (Å²) in [4.78, 5) is 6.41. The van der Waals surface area contributed by atoms with Crippen LogP contribution in [0.3, 0.4) is 0 Å². The van der Waals surface area contributed by atoms with Crippen molar-refractivity contribution in [3.8, 4) is 9.75 Å². The highest BCUT2D eigenvalue weighted by Crippen LogP contribution is 2.37. The van der Waals surface area contributed by atoms with Gasteiger partial charge in [-0.05, 0) is 49.8 Å². The second-order valence-electron chi connectivity index (χ2n) is 8.58. The number of thiophene rings is 2. The number of quaternary nitrogens is 1. The van der Waals surface area contributed by atoms with Crippen LogP contribution in [0.2, 0.25) is 0 Å². The second kappa shape index (κ2) is 10.4. The van der Waals surface area contributed by atoms with Gasteiger partial charge in [0.05, 0.1) is 39.1 Å². The Morgan fingerprint density at radius 1 is 0.867 bits per heavy atom. The first-order valence-electron chi connectivity index (χ1n) is 10.8. The predicted octanol–water partition coefficient (Wildman–Crippen LogP) is 5.88. The molecule has 0 saturated carbocycles. The Hall–Kier alpha value is -1.95. The molecule has 0 atom stereocenters. The number of pyridine rings is 1. The first-order valence-corrected chi connectivity index (χ1v) is 12.4. The molecule has 30 heavy (non-hydrogen) atoms. The first-order chi connectivity index (χ1) is 14.4. The van der Waals surface area contributed by atoms with Crippen molar-refractivity contribution in [2.24, 2.45) is 0 Å². The molecule has 0 aliphatic rings. The van der Waals surface area contributed by atoms with E-state index < -0.39 is 0 Å². The third-order valence-electron chi connectivity index (χ3n) is 5.14. The van der Waals surface area contributed by atoms with Gasteiger partial charge in [0.25, 0.3) is 0 Å². The molecule has 5 heteroatoms. The van der Waals surface area contributed by atoms with E-state index in [1.54, 1.807) is 0 Å². The molecule has 3 heterocycles. The maximum Gasteiger partial charge on any atom is 0.169 e. The van der Waals surface area contributed by atoms with Gasteiger partial charge >= 0.3 is 0 Å². The van der Waals surface area contributed by atoms with Crippen LogP contribution in [0.5, 0.6) is 0 Å². The fraction of sp³-hybridized carbons (Fsp3) is 0.400. The summed E-state index contributed by atoms with van der Waals surface area (Å²) in [5.74, 6) is 0. The van der Waals surface area contributed by atoms with Crippen molar-refractivity contribution in [3.05, 3.63) is 59.2 Å². The summed E-state index contributed by atoms with van der Waals surface area (Å²) in [7, 11) is 6.74. The molecule has 0 radical (unpaired) electrons. The molecule has 160 valence electrons. The zero-order chi connectivity index (χ0) is 21.6. The highest BCUT2D eigenvalue weighted by molar-refractivity contribution is 7.24. The number of rotatable bonds is 10. The lowest BCUT2D eigenvalue weighted by molar-refractivity contribution is -0.873. The number of nitrogens with zero attached hydrogens (tertiary/aromatic N) is 3. The Bertz CT molecular complexity index is 941. The average molecular weight is 442 g/mol. The van der Waals surface area contributed by atoms with Gasteiger partial charge in [0.15, 0.2) is 18.9 Å². The molecule has 0 fully saturated rings. The number of hydrogen-bond acceptors (Lipinski definition) is 3. The topological polar surface area (TPSA) is 7.12 Å². The van der Waals surface area contributed by atoms with E-state index in [1.165, 1.54) is 38.2 Å². The summed E-state index contributed by atoms with van der Waals surface area (Å²) in [5, 5.41) is 1.36. The van der Waals surface area contributed by atoms with Crippen LogP contribution >= 0.6 is 22.7 Å². The van der Waals surface area contributed by atoms with Crippen molar-refractivity contribution in [1.82, 2.24) is 0 Å². The average Bonchev–Trinajstić information content (AvgIpc) is 3.37. The zero-order valence-corrected chi connectivity index (χ0v) is 20.6. The zero-order valence-electron chi connectivity index (χ0n) is 19.0. The SMILES string of the molecule is CCN(CC)c1ccc(-c2ccc(C=Cc3cc[n+](CCC[N+](C)(C)C)cc3)s2)s1. The predicted molar refractivity (Wildman–Crippen MR) is 134 cm³/mol. The lowest BCUT2D eigenvalue weighted by atomic mass is 10.2.